The van der Waals surface area contributed by atoms with Gasteiger partial charge in [-0.2, -0.15) is 0 Å². The number of hydrogen-bond donors (Lipinski definition) is 1. The zero-order chi connectivity index (χ0) is 12.5. The summed E-state index contributed by atoms with van der Waals surface area (Å²) in [6, 6.07) is 2.63. The second kappa shape index (κ2) is 4.52. The highest BCUT2D eigenvalue weighted by Gasteiger charge is 2.19. The molecule has 0 spiro atoms. The van der Waals surface area contributed by atoms with Gasteiger partial charge in [0, 0.05) is 0 Å². The Morgan fingerprint density at radius 3 is 2.06 bits per heavy atom. The number of halogens is 2. The molecule has 5 heteroatoms. The molecule has 3 nitrogen and oxygen atoms in total. The summed E-state index contributed by atoms with van der Waals surface area (Å²) >= 11 is 11.4. The van der Waals surface area contributed by atoms with Crippen molar-refractivity contribution in [1.82, 2.24) is 0 Å². The molecule has 0 aromatic heterocycles. The number of aromatic hydroxyl groups is 1. The van der Waals surface area contributed by atoms with Crippen LogP contribution in [0, 0.1) is 0 Å². The number of rotatable bonds is 1. The average Bonchev–Trinajstić information content (AvgIpc) is 2.10. The highest BCUT2D eigenvalue weighted by Crippen LogP contribution is 2.33. The Morgan fingerprint density at radius 2 is 1.69 bits per heavy atom. The molecule has 0 heterocycles. The van der Waals surface area contributed by atoms with Crippen molar-refractivity contribution in [2.75, 3.05) is 0 Å². The molecule has 0 amide bonds. The molecule has 0 aliphatic carbocycles. The molecule has 1 rings (SSSR count). The Hall–Kier alpha value is -0.930. The van der Waals surface area contributed by atoms with Gasteiger partial charge in [0.1, 0.15) is 5.60 Å². The first-order valence-electron chi connectivity index (χ1n) is 4.62. The van der Waals surface area contributed by atoms with Crippen LogP contribution in [0.5, 0.6) is 5.75 Å². The van der Waals surface area contributed by atoms with E-state index < -0.39 is 11.6 Å². The lowest BCUT2D eigenvalue weighted by atomic mass is 10.1. The number of carbonyl (C=O) groups excluding carboxylic acids is 1. The third-order valence-electron chi connectivity index (χ3n) is 1.65. The number of phenolic OH excluding ortho intramolecular Hbond substituents is 1. The maximum atomic E-state index is 11.7. The second-order valence-corrected chi connectivity index (χ2v) is 5.10. The number of hydrogen-bond acceptors (Lipinski definition) is 3. The quantitative estimate of drug-likeness (QED) is 0.786. The van der Waals surface area contributed by atoms with Crippen molar-refractivity contribution in [3.63, 3.8) is 0 Å². The average molecular weight is 263 g/mol. The molecule has 0 saturated heterocycles. The second-order valence-electron chi connectivity index (χ2n) is 4.29. The summed E-state index contributed by atoms with van der Waals surface area (Å²) < 4.78 is 5.14. The Kier molecular flexibility index (Phi) is 3.71. The van der Waals surface area contributed by atoms with Crippen molar-refractivity contribution < 1.29 is 14.6 Å². The smallest absolute Gasteiger partial charge is 0.338 e. The predicted molar refractivity (Wildman–Crippen MR) is 63.3 cm³/mol. The van der Waals surface area contributed by atoms with Crippen LogP contribution in [0.4, 0.5) is 0 Å². The van der Waals surface area contributed by atoms with E-state index in [2.05, 4.69) is 0 Å². The number of benzene rings is 1. The van der Waals surface area contributed by atoms with Gasteiger partial charge in [0.2, 0.25) is 0 Å². The summed E-state index contributed by atoms with van der Waals surface area (Å²) in [4.78, 5) is 11.7. The summed E-state index contributed by atoms with van der Waals surface area (Å²) in [6.07, 6.45) is 0. The van der Waals surface area contributed by atoms with Gasteiger partial charge in [-0.05, 0) is 32.9 Å². The van der Waals surface area contributed by atoms with Crippen molar-refractivity contribution >= 4 is 29.2 Å². The fourth-order valence-corrected chi connectivity index (χ4v) is 1.51. The molecule has 0 radical (unpaired) electrons. The van der Waals surface area contributed by atoms with Gasteiger partial charge < -0.3 is 9.84 Å². The van der Waals surface area contributed by atoms with Crippen LogP contribution in [0.2, 0.25) is 10.0 Å². The van der Waals surface area contributed by atoms with Gasteiger partial charge in [-0.3, -0.25) is 0 Å². The van der Waals surface area contributed by atoms with Crippen LogP contribution in [0.25, 0.3) is 0 Å². The number of ether oxygens (including phenoxy) is 1. The van der Waals surface area contributed by atoms with Gasteiger partial charge in [0.15, 0.2) is 5.75 Å². The lowest BCUT2D eigenvalue weighted by Crippen LogP contribution is -2.23. The highest BCUT2D eigenvalue weighted by atomic mass is 35.5. The maximum Gasteiger partial charge on any atom is 0.338 e. The summed E-state index contributed by atoms with van der Waals surface area (Å²) in [7, 11) is 0. The minimum Gasteiger partial charge on any atom is -0.505 e. The zero-order valence-corrected chi connectivity index (χ0v) is 10.7. The standard InChI is InChI=1S/C11H12Cl2O3/c1-11(2,3)16-10(15)6-4-7(12)9(14)8(13)5-6/h4-5,14H,1-3H3. The fourth-order valence-electron chi connectivity index (χ4n) is 1.02. The lowest BCUT2D eigenvalue weighted by molar-refractivity contribution is 0.00695. The molecule has 0 saturated carbocycles. The number of phenols is 1. The maximum absolute atomic E-state index is 11.7. The Labute approximate surface area is 104 Å². The number of esters is 1. The highest BCUT2D eigenvalue weighted by molar-refractivity contribution is 6.37. The summed E-state index contributed by atoms with van der Waals surface area (Å²) in [6.45, 7) is 5.28. The zero-order valence-electron chi connectivity index (χ0n) is 9.17. The van der Waals surface area contributed by atoms with E-state index in [-0.39, 0.29) is 21.4 Å². The van der Waals surface area contributed by atoms with Gasteiger partial charge in [-0.1, -0.05) is 23.2 Å². The van der Waals surface area contributed by atoms with E-state index in [0.29, 0.717) is 0 Å². The molecule has 1 aromatic rings. The van der Waals surface area contributed by atoms with E-state index in [1.54, 1.807) is 20.8 Å². The SMILES string of the molecule is CC(C)(C)OC(=O)c1cc(Cl)c(O)c(Cl)c1. The van der Waals surface area contributed by atoms with Crippen molar-refractivity contribution in [2.24, 2.45) is 0 Å². The van der Waals surface area contributed by atoms with Crippen molar-refractivity contribution in [3.8, 4) is 5.75 Å². The van der Waals surface area contributed by atoms with E-state index >= 15 is 0 Å². The van der Waals surface area contributed by atoms with E-state index in [0.717, 1.165) is 0 Å². The summed E-state index contributed by atoms with van der Waals surface area (Å²) in [5.74, 6) is -0.771. The van der Waals surface area contributed by atoms with Crippen molar-refractivity contribution in [2.45, 2.75) is 26.4 Å². The van der Waals surface area contributed by atoms with Crippen LogP contribution in [0.3, 0.4) is 0 Å². The Morgan fingerprint density at radius 1 is 1.25 bits per heavy atom. The van der Waals surface area contributed by atoms with Gasteiger partial charge in [0.05, 0.1) is 15.6 Å². The van der Waals surface area contributed by atoms with Gasteiger partial charge in [-0.25, -0.2) is 4.79 Å². The molecule has 88 valence electrons. The first-order chi connectivity index (χ1) is 7.20. The number of carbonyl (C=O) groups is 1. The molecule has 1 N–H and O–H groups in total. The Balaban J connectivity index is 3.02. The summed E-state index contributed by atoms with van der Waals surface area (Å²) in [5.41, 5.74) is -0.379. The molecule has 0 unspecified atom stereocenters. The third kappa shape index (κ3) is 3.29. The minimum absolute atomic E-state index is 0.0216. The molecule has 0 fully saturated rings. The largest absolute Gasteiger partial charge is 0.505 e. The topological polar surface area (TPSA) is 46.5 Å². The monoisotopic (exact) mass is 262 g/mol. The van der Waals surface area contributed by atoms with E-state index in [1.165, 1.54) is 12.1 Å². The molecule has 0 atom stereocenters. The molecule has 1 aromatic carbocycles. The van der Waals surface area contributed by atoms with E-state index in [9.17, 15) is 9.90 Å². The van der Waals surface area contributed by atoms with Crippen LogP contribution >= 0.6 is 23.2 Å². The minimum atomic E-state index is -0.589. The van der Waals surface area contributed by atoms with Crippen molar-refractivity contribution in [1.29, 1.82) is 0 Å². The fraction of sp³-hybridized carbons (Fsp3) is 0.364. The predicted octanol–water partition coefficient (Wildman–Crippen LogP) is 3.65. The first kappa shape index (κ1) is 13.1. The van der Waals surface area contributed by atoms with Crippen molar-refractivity contribution in [3.05, 3.63) is 27.7 Å². The third-order valence-corrected chi connectivity index (χ3v) is 2.23. The van der Waals surface area contributed by atoms with Gasteiger partial charge >= 0.3 is 5.97 Å². The van der Waals surface area contributed by atoms with E-state index in [1.807, 2.05) is 0 Å². The van der Waals surface area contributed by atoms with Crippen LogP contribution in [-0.2, 0) is 4.74 Å². The lowest BCUT2D eigenvalue weighted by Gasteiger charge is -2.19. The molecule has 16 heavy (non-hydrogen) atoms. The van der Waals surface area contributed by atoms with Gasteiger partial charge in [0.25, 0.3) is 0 Å². The molecular weight excluding hydrogens is 251 g/mol. The van der Waals surface area contributed by atoms with Gasteiger partial charge in [-0.15, -0.1) is 0 Å². The van der Waals surface area contributed by atoms with Crippen LogP contribution in [0.1, 0.15) is 31.1 Å². The molecule has 0 aliphatic heterocycles. The first-order valence-corrected chi connectivity index (χ1v) is 5.37. The van der Waals surface area contributed by atoms with Crippen LogP contribution in [0.15, 0.2) is 12.1 Å². The molecular formula is C11H12Cl2O3. The van der Waals surface area contributed by atoms with E-state index in [4.69, 9.17) is 27.9 Å². The normalized spacial score (nSPS) is 11.3. The van der Waals surface area contributed by atoms with Crippen LogP contribution in [-0.4, -0.2) is 16.7 Å². The molecule has 0 bridgehead atoms. The van der Waals surface area contributed by atoms with Crippen LogP contribution < -0.4 is 0 Å². The Bertz CT molecular complexity index is 399. The summed E-state index contributed by atoms with van der Waals surface area (Å²) in [5, 5.41) is 9.37. The molecule has 0 aliphatic rings.